The normalized spacial score (nSPS) is 18.7. The van der Waals surface area contributed by atoms with Gasteiger partial charge in [0.15, 0.2) is 0 Å². The summed E-state index contributed by atoms with van der Waals surface area (Å²) in [4.78, 5) is 35.6. The van der Waals surface area contributed by atoms with E-state index in [1.807, 2.05) is 0 Å². The van der Waals surface area contributed by atoms with E-state index in [2.05, 4.69) is 15.7 Å². The summed E-state index contributed by atoms with van der Waals surface area (Å²) in [5, 5.41) is 17.8. The lowest BCUT2D eigenvalue weighted by atomic mass is 9.95. The summed E-state index contributed by atoms with van der Waals surface area (Å²) in [5.74, 6) is -1.90. The molecule has 2 aromatic rings. The number of primary amides is 1. The van der Waals surface area contributed by atoms with Gasteiger partial charge in [0, 0.05) is 11.1 Å². The topological polar surface area (TPSA) is 139 Å². The molecule has 3 rings (SSSR count). The molecule has 30 heavy (non-hydrogen) atoms. The van der Waals surface area contributed by atoms with Crippen LogP contribution in [-0.4, -0.2) is 32.8 Å². The molecule has 0 radical (unpaired) electrons. The van der Waals surface area contributed by atoms with Gasteiger partial charge >= 0.3 is 12.6 Å². The molecule has 0 spiro atoms. The molecule has 5 N–H and O–H groups in total. The third-order valence-electron chi connectivity index (χ3n) is 4.66. The molecule has 0 aliphatic carbocycles. The summed E-state index contributed by atoms with van der Waals surface area (Å²) in [5.41, 5.74) is 5.76. The van der Waals surface area contributed by atoms with E-state index in [1.165, 1.54) is 18.2 Å². The molecular weight excluding hydrogens is 400 g/mol. The molecule has 11 heteroatoms. The summed E-state index contributed by atoms with van der Waals surface area (Å²) in [6, 6.07) is 3.34. The molecule has 158 valence electrons. The zero-order valence-electron chi connectivity index (χ0n) is 15.8. The summed E-state index contributed by atoms with van der Waals surface area (Å²) in [6.07, 6.45) is 3.14. The van der Waals surface area contributed by atoms with Crippen LogP contribution in [0.4, 0.5) is 19.3 Å². The fourth-order valence-corrected chi connectivity index (χ4v) is 3.20. The Bertz CT molecular complexity index is 1030. The Labute approximate surface area is 169 Å². The quantitative estimate of drug-likeness (QED) is 0.567. The molecule has 0 unspecified atom stereocenters. The molecule has 1 aliphatic rings. The maximum Gasteiger partial charge on any atom is 0.405 e. The molecule has 0 saturated heterocycles. The number of carboxylic acid groups (broad SMARTS) is 1. The zero-order chi connectivity index (χ0) is 22.0. The number of hydrogen-bond donors (Lipinski definition) is 4. The van der Waals surface area contributed by atoms with Crippen molar-refractivity contribution in [3.63, 3.8) is 0 Å². The summed E-state index contributed by atoms with van der Waals surface area (Å²) >= 11 is 0. The molecule has 1 aromatic carbocycles. The highest BCUT2D eigenvalue weighted by atomic mass is 19.3. The Morgan fingerprint density at radius 3 is 2.73 bits per heavy atom. The number of nitrogens with zero attached hydrogens (tertiary/aromatic N) is 2. The molecule has 9 nitrogen and oxygen atoms in total. The number of rotatable bonds is 3. The van der Waals surface area contributed by atoms with E-state index in [1.54, 1.807) is 19.1 Å². The van der Waals surface area contributed by atoms with Crippen molar-refractivity contribution < 1.29 is 28.3 Å². The van der Waals surface area contributed by atoms with Gasteiger partial charge in [-0.2, -0.15) is 13.9 Å². The third-order valence-corrected chi connectivity index (χ3v) is 4.66. The van der Waals surface area contributed by atoms with Crippen molar-refractivity contribution in [3.8, 4) is 11.3 Å². The smallest absolute Gasteiger partial charge is 0.405 e. The van der Waals surface area contributed by atoms with Crippen molar-refractivity contribution in [2.45, 2.75) is 25.9 Å². The van der Waals surface area contributed by atoms with Gasteiger partial charge in [0.2, 0.25) is 11.8 Å². The van der Waals surface area contributed by atoms with Gasteiger partial charge in [-0.15, -0.1) is 0 Å². The third kappa shape index (κ3) is 4.29. The number of nitrogens with one attached hydrogen (secondary N) is 2. The first-order valence-corrected chi connectivity index (χ1v) is 8.95. The number of halogens is 2. The number of benzene rings is 1. The average Bonchev–Trinajstić information content (AvgIpc) is 3.09. The van der Waals surface area contributed by atoms with E-state index in [9.17, 15) is 28.3 Å². The molecule has 2 atom stereocenters. The monoisotopic (exact) mass is 419 g/mol. The van der Waals surface area contributed by atoms with Crippen LogP contribution in [0.2, 0.25) is 0 Å². The van der Waals surface area contributed by atoms with Crippen molar-refractivity contribution in [2.24, 2.45) is 11.7 Å². The molecule has 3 amide bonds. The minimum Gasteiger partial charge on any atom is -0.465 e. The standard InChI is InChI=1S/C19H19F2N5O4/c1-9-3-2-4-13(25-19(29)30)10-5-11(7-12(6-10)16(22)27)15-14(24-17(9)28)8-23-26(15)18(20)21/h2-3,5-9,13,18,25H,4H2,1H3,(H2,22,27)(H,24,28)(H,29,30)/t9-,13+/m1/s1. The predicted molar refractivity (Wildman–Crippen MR) is 103 cm³/mol. The average molecular weight is 419 g/mol. The maximum atomic E-state index is 13.6. The Balaban J connectivity index is 2.29. The van der Waals surface area contributed by atoms with Crippen molar-refractivity contribution in [1.29, 1.82) is 0 Å². The van der Waals surface area contributed by atoms with Gasteiger partial charge in [-0.3, -0.25) is 9.59 Å². The second-order valence-electron chi connectivity index (χ2n) is 6.78. The number of nitrogens with two attached hydrogens (primary N) is 1. The second-order valence-corrected chi connectivity index (χ2v) is 6.78. The van der Waals surface area contributed by atoms with E-state index in [4.69, 9.17) is 5.73 Å². The van der Waals surface area contributed by atoms with Crippen LogP contribution < -0.4 is 16.4 Å². The molecule has 1 aromatic heterocycles. The van der Waals surface area contributed by atoms with Gasteiger partial charge in [0.25, 0.3) is 0 Å². The number of anilines is 1. The summed E-state index contributed by atoms with van der Waals surface area (Å²) in [7, 11) is 0. The lowest BCUT2D eigenvalue weighted by molar-refractivity contribution is -0.118. The minimum absolute atomic E-state index is 0.00612. The molecule has 2 bridgehead atoms. The first-order chi connectivity index (χ1) is 14.2. The van der Waals surface area contributed by atoms with E-state index < -0.39 is 36.4 Å². The van der Waals surface area contributed by atoms with Gasteiger partial charge in [-0.25, -0.2) is 9.48 Å². The summed E-state index contributed by atoms with van der Waals surface area (Å²) in [6.45, 7) is -1.41. The van der Waals surface area contributed by atoms with Crippen molar-refractivity contribution >= 4 is 23.6 Å². The van der Waals surface area contributed by atoms with Crippen molar-refractivity contribution in [3.05, 3.63) is 47.7 Å². The van der Waals surface area contributed by atoms with E-state index in [-0.39, 0.29) is 28.9 Å². The first-order valence-electron chi connectivity index (χ1n) is 8.95. The number of carbonyl (C=O) groups excluding carboxylic acids is 2. The van der Waals surface area contributed by atoms with Crippen LogP contribution in [0.5, 0.6) is 0 Å². The number of amides is 3. The van der Waals surface area contributed by atoms with Gasteiger partial charge in [0.05, 0.1) is 29.5 Å². The maximum absolute atomic E-state index is 13.6. The highest BCUT2D eigenvalue weighted by molar-refractivity contribution is 5.98. The number of fused-ring (bicyclic) bond motifs is 4. The molecular formula is C19H19F2N5O4. The highest BCUT2D eigenvalue weighted by Crippen LogP contribution is 2.35. The Hall–Kier alpha value is -3.76. The largest absolute Gasteiger partial charge is 0.465 e. The predicted octanol–water partition coefficient (Wildman–Crippen LogP) is 2.89. The highest BCUT2D eigenvalue weighted by Gasteiger charge is 2.25. The number of alkyl halides is 2. The van der Waals surface area contributed by atoms with Gasteiger partial charge in [0.1, 0.15) is 0 Å². The van der Waals surface area contributed by atoms with Crippen LogP contribution in [0.3, 0.4) is 0 Å². The molecule has 0 saturated carbocycles. The Morgan fingerprint density at radius 1 is 1.37 bits per heavy atom. The van der Waals surface area contributed by atoms with Crippen LogP contribution >= 0.6 is 0 Å². The number of aromatic nitrogens is 2. The van der Waals surface area contributed by atoms with Gasteiger partial charge < -0.3 is 21.5 Å². The lowest BCUT2D eigenvalue weighted by Gasteiger charge is -2.20. The fraction of sp³-hybridized carbons (Fsp3) is 0.263. The van der Waals surface area contributed by atoms with Crippen LogP contribution in [0.1, 0.15) is 41.9 Å². The van der Waals surface area contributed by atoms with Crippen LogP contribution in [0.25, 0.3) is 11.3 Å². The van der Waals surface area contributed by atoms with Crippen LogP contribution in [-0.2, 0) is 4.79 Å². The molecule has 0 fully saturated rings. The SMILES string of the molecule is C[C@@H]1C=CC[C@H](NC(=O)O)c2cc(C(N)=O)cc(c2)-c2c(cnn2C(F)F)NC1=O. The first kappa shape index (κ1) is 21.0. The van der Waals surface area contributed by atoms with Crippen molar-refractivity contribution in [1.82, 2.24) is 15.1 Å². The van der Waals surface area contributed by atoms with E-state index in [0.717, 1.165) is 6.20 Å². The fourth-order valence-electron chi connectivity index (χ4n) is 3.20. The summed E-state index contributed by atoms with van der Waals surface area (Å²) < 4.78 is 27.6. The lowest BCUT2D eigenvalue weighted by Crippen LogP contribution is -2.27. The van der Waals surface area contributed by atoms with E-state index >= 15 is 0 Å². The van der Waals surface area contributed by atoms with Gasteiger partial charge in [-0.1, -0.05) is 19.1 Å². The second kappa shape index (κ2) is 8.31. The molecule has 2 heterocycles. The van der Waals surface area contributed by atoms with Crippen LogP contribution in [0.15, 0.2) is 36.5 Å². The molecule has 1 aliphatic heterocycles. The number of carbonyl (C=O) groups is 3. The van der Waals surface area contributed by atoms with Crippen molar-refractivity contribution in [2.75, 3.05) is 5.32 Å². The zero-order valence-corrected chi connectivity index (χ0v) is 15.8. The Kier molecular flexibility index (Phi) is 5.81. The van der Waals surface area contributed by atoms with E-state index in [0.29, 0.717) is 10.2 Å². The minimum atomic E-state index is -3.02. The van der Waals surface area contributed by atoms with Crippen LogP contribution in [0, 0.1) is 5.92 Å². The number of hydrogen-bond acceptors (Lipinski definition) is 4. The van der Waals surface area contributed by atoms with Gasteiger partial charge in [-0.05, 0) is 30.2 Å². The Morgan fingerprint density at radius 2 is 2.10 bits per heavy atom.